The van der Waals surface area contributed by atoms with E-state index >= 15 is 0 Å². The van der Waals surface area contributed by atoms with E-state index in [1.165, 1.54) is 0 Å². The van der Waals surface area contributed by atoms with E-state index in [0.29, 0.717) is 13.1 Å². The average molecular weight is 282 g/mol. The third-order valence-corrected chi connectivity index (χ3v) is 3.58. The highest BCUT2D eigenvalue weighted by Crippen LogP contribution is 2.25. The second-order valence-electron chi connectivity index (χ2n) is 5.85. The fourth-order valence-electron chi connectivity index (χ4n) is 2.34. The lowest BCUT2D eigenvalue weighted by atomic mass is 9.92. The van der Waals surface area contributed by atoms with Gasteiger partial charge in [-0.3, -0.25) is 9.88 Å². The van der Waals surface area contributed by atoms with Gasteiger partial charge in [-0.05, 0) is 20.9 Å². The van der Waals surface area contributed by atoms with Gasteiger partial charge in [0.05, 0.1) is 26.0 Å². The van der Waals surface area contributed by atoms with Gasteiger partial charge < -0.3 is 14.9 Å². The molecule has 1 aromatic rings. The monoisotopic (exact) mass is 282 g/mol. The molecule has 1 rings (SSSR count). The Hall–Kier alpha value is -1.17. The summed E-state index contributed by atoms with van der Waals surface area (Å²) in [6, 6.07) is 0. The summed E-state index contributed by atoms with van der Waals surface area (Å²) in [5, 5.41) is 18.7. The summed E-state index contributed by atoms with van der Waals surface area (Å²) in [6.07, 6.45) is 1.81. The molecule has 0 atom stereocenters. The summed E-state index contributed by atoms with van der Waals surface area (Å²) in [5.74, 6) is 0.871. The van der Waals surface area contributed by atoms with E-state index in [4.69, 9.17) is 4.74 Å². The lowest BCUT2D eigenvalue weighted by Gasteiger charge is -2.30. The Labute approximate surface area is 121 Å². The van der Waals surface area contributed by atoms with Crippen molar-refractivity contribution >= 4 is 0 Å². The topological polar surface area (TPSA) is 65.8 Å². The van der Waals surface area contributed by atoms with Crippen LogP contribution in [0.25, 0.3) is 0 Å². The zero-order valence-electron chi connectivity index (χ0n) is 13.1. The van der Waals surface area contributed by atoms with Crippen LogP contribution in [0, 0.1) is 19.3 Å². The first-order valence-electron chi connectivity index (χ1n) is 6.76. The van der Waals surface area contributed by atoms with E-state index in [2.05, 4.69) is 9.88 Å². The van der Waals surface area contributed by atoms with Gasteiger partial charge in [0, 0.05) is 35.8 Å². The molecular formula is C15H26N2O3. The maximum Gasteiger partial charge on any atom is 0.128 e. The molecule has 5 heteroatoms. The first kappa shape index (κ1) is 16.9. The zero-order valence-corrected chi connectivity index (χ0v) is 13.1. The molecule has 0 spiro atoms. The minimum absolute atomic E-state index is 0.0442. The number of aliphatic hydroxyl groups is 2. The second-order valence-corrected chi connectivity index (χ2v) is 5.85. The molecule has 0 fully saturated rings. The molecule has 114 valence electrons. The van der Waals surface area contributed by atoms with E-state index in [0.717, 1.165) is 22.6 Å². The van der Waals surface area contributed by atoms with Gasteiger partial charge in [0.15, 0.2) is 0 Å². The first-order valence-corrected chi connectivity index (χ1v) is 6.76. The first-order chi connectivity index (χ1) is 9.36. The fraction of sp³-hybridized carbons (Fsp3) is 0.667. The van der Waals surface area contributed by atoms with Gasteiger partial charge >= 0.3 is 0 Å². The lowest BCUT2D eigenvalue weighted by Crippen LogP contribution is -2.38. The third-order valence-electron chi connectivity index (χ3n) is 3.58. The molecule has 0 saturated carbocycles. The molecule has 0 aliphatic rings. The largest absolute Gasteiger partial charge is 0.496 e. The number of nitrogens with zero attached hydrogens (tertiary/aromatic N) is 2. The SMILES string of the molecule is COc1c(C)cnc(CN(C)CC(C)(CO)CO)c1C. The molecule has 0 aliphatic carbocycles. The van der Waals surface area contributed by atoms with Crippen molar-refractivity contribution in [1.29, 1.82) is 0 Å². The molecule has 0 unspecified atom stereocenters. The zero-order chi connectivity index (χ0) is 15.3. The van der Waals surface area contributed by atoms with E-state index in [1.54, 1.807) is 7.11 Å². The number of ether oxygens (including phenoxy) is 1. The number of pyridine rings is 1. The maximum atomic E-state index is 9.35. The molecular weight excluding hydrogens is 256 g/mol. The van der Waals surface area contributed by atoms with E-state index in [9.17, 15) is 10.2 Å². The van der Waals surface area contributed by atoms with E-state index in [-0.39, 0.29) is 13.2 Å². The Balaban J connectivity index is 2.84. The summed E-state index contributed by atoms with van der Waals surface area (Å²) < 4.78 is 5.40. The summed E-state index contributed by atoms with van der Waals surface area (Å²) in [6.45, 7) is 6.99. The van der Waals surface area contributed by atoms with Gasteiger partial charge in [-0.2, -0.15) is 0 Å². The Morgan fingerprint density at radius 1 is 1.30 bits per heavy atom. The molecule has 5 nitrogen and oxygen atoms in total. The van der Waals surface area contributed by atoms with Crippen molar-refractivity contribution in [2.45, 2.75) is 27.3 Å². The van der Waals surface area contributed by atoms with Crippen LogP contribution in [-0.4, -0.2) is 54.0 Å². The second kappa shape index (κ2) is 7.02. The van der Waals surface area contributed by atoms with Crippen LogP contribution in [0.5, 0.6) is 5.75 Å². The van der Waals surface area contributed by atoms with Crippen LogP contribution < -0.4 is 4.74 Å². The smallest absolute Gasteiger partial charge is 0.128 e. The standard InChI is InChI=1S/C15H26N2O3/c1-11-6-16-13(12(2)14(11)20-5)7-17(4)8-15(3,9-18)10-19/h6,18-19H,7-10H2,1-5H3. The van der Waals surface area contributed by atoms with Crippen LogP contribution in [0.15, 0.2) is 6.20 Å². The van der Waals surface area contributed by atoms with Crippen molar-refractivity contribution in [1.82, 2.24) is 9.88 Å². The van der Waals surface area contributed by atoms with Gasteiger partial charge in [-0.1, -0.05) is 6.92 Å². The highest BCUT2D eigenvalue weighted by Gasteiger charge is 2.25. The number of methoxy groups -OCH3 is 1. The number of hydrogen-bond donors (Lipinski definition) is 2. The minimum Gasteiger partial charge on any atom is -0.496 e. The predicted molar refractivity (Wildman–Crippen MR) is 78.9 cm³/mol. The maximum absolute atomic E-state index is 9.35. The molecule has 20 heavy (non-hydrogen) atoms. The van der Waals surface area contributed by atoms with Crippen molar-refractivity contribution in [3.05, 3.63) is 23.0 Å². The summed E-state index contributed by atoms with van der Waals surface area (Å²) in [5.41, 5.74) is 2.51. The van der Waals surface area contributed by atoms with Crippen LogP contribution in [0.1, 0.15) is 23.7 Å². The van der Waals surface area contributed by atoms with Crippen molar-refractivity contribution in [2.75, 3.05) is 33.9 Å². The number of aromatic nitrogens is 1. The number of aryl methyl sites for hydroxylation is 1. The molecule has 1 aromatic heterocycles. The van der Waals surface area contributed by atoms with Gasteiger partial charge in [0.1, 0.15) is 5.75 Å². The van der Waals surface area contributed by atoms with Gasteiger partial charge in [-0.25, -0.2) is 0 Å². The van der Waals surface area contributed by atoms with Crippen molar-refractivity contribution in [2.24, 2.45) is 5.41 Å². The van der Waals surface area contributed by atoms with Crippen LogP contribution >= 0.6 is 0 Å². The van der Waals surface area contributed by atoms with Crippen LogP contribution in [0.4, 0.5) is 0 Å². The van der Waals surface area contributed by atoms with Crippen molar-refractivity contribution < 1.29 is 14.9 Å². The summed E-state index contributed by atoms with van der Waals surface area (Å²) in [7, 11) is 3.62. The van der Waals surface area contributed by atoms with Gasteiger partial charge in [0.25, 0.3) is 0 Å². The van der Waals surface area contributed by atoms with Crippen LogP contribution in [0.2, 0.25) is 0 Å². The summed E-state index contributed by atoms with van der Waals surface area (Å²) in [4.78, 5) is 6.51. The molecule has 0 bridgehead atoms. The highest BCUT2D eigenvalue weighted by molar-refractivity contribution is 5.40. The van der Waals surface area contributed by atoms with Crippen LogP contribution in [-0.2, 0) is 6.54 Å². The van der Waals surface area contributed by atoms with Crippen LogP contribution in [0.3, 0.4) is 0 Å². The van der Waals surface area contributed by atoms with Crippen molar-refractivity contribution in [3.63, 3.8) is 0 Å². The van der Waals surface area contributed by atoms with E-state index in [1.807, 2.05) is 34.0 Å². The highest BCUT2D eigenvalue weighted by atomic mass is 16.5. The number of rotatable bonds is 7. The quantitative estimate of drug-likeness (QED) is 0.785. The Morgan fingerprint density at radius 3 is 2.40 bits per heavy atom. The number of hydrogen-bond acceptors (Lipinski definition) is 5. The molecule has 0 aromatic carbocycles. The van der Waals surface area contributed by atoms with Gasteiger partial charge in [-0.15, -0.1) is 0 Å². The molecule has 0 amide bonds. The third kappa shape index (κ3) is 3.91. The fourth-order valence-corrected chi connectivity index (χ4v) is 2.34. The lowest BCUT2D eigenvalue weighted by molar-refractivity contribution is 0.0398. The predicted octanol–water partition coefficient (Wildman–Crippen LogP) is 1.13. The van der Waals surface area contributed by atoms with Crippen molar-refractivity contribution in [3.8, 4) is 5.75 Å². The Bertz CT molecular complexity index is 445. The molecule has 0 saturated heterocycles. The minimum atomic E-state index is -0.503. The molecule has 0 radical (unpaired) electrons. The summed E-state index contributed by atoms with van der Waals surface area (Å²) >= 11 is 0. The normalized spacial score (nSPS) is 12.0. The Morgan fingerprint density at radius 2 is 1.90 bits per heavy atom. The Kier molecular flexibility index (Phi) is 5.92. The molecule has 2 N–H and O–H groups in total. The average Bonchev–Trinajstić information content (AvgIpc) is 2.42. The molecule has 0 aliphatic heterocycles. The van der Waals surface area contributed by atoms with E-state index < -0.39 is 5.41 Å². The number of aliphatic hydroxyl groups excluding tert-OH is 2. The van der Waals surface area contributed by atoms with Gasteiger partial charge in [0.2, 0.25) is 0 Å². The molecule has 1 heterocycles.